The Balaban J connectivity index is 1.48. The van der Waals surface area contributed by atoms with Crippen molar-refractivity contribution in [2.24, 2.45) is 0 Å². The normalized spacial score (nSPS) is 25.4. The minimum Gasteiger partial charge on any atom is -0.339 e. The SMILES string of the molecule is CC(C)NC(=O)N1C2CCC1CC(c1nc(-c3cccnc3)no1)C2. The summed E-state index contributed by atoms with van der Waals surface area (Å²) in [5.74, 6) is 1.48. The Labute approximate surface area is 146 Å². The molecular weight excluding hydrogens is 318 g/mol. The summed E-state index contributed by atoms with van der Waals surface area (Å²) in [6, 6.07) is 4.51. The summed E-state index contributed by atoms with van der Waals surface area (Å²) >= 11 is 0. The van der Waals surface area contributed by atoms with Gasteiger partial charge in [-0.05, 0) is 51.7 Å². The molecule has 2 unspecified atom stereocenters. The van der Waals surface area contributed by atoms with Crippen molar-refractivity contribution in [2.45, 2.75) is 63.6 Å². The van der Waals surface area contributed by atoms with Gasteiger partial charge in [-0.1, -0.05) is 5.16 Å². The molecule has 7 heteroatoms. The second-order valence-corrected chi connectivity index (χ2v) is 7.26. The molecule has 2 atom stereocenters. The lowest BCUT2D eigenvalue weighted by molar-refractivity contribution is 0.129. The molecule has 2 saturated heterocycles. The molecule has 2 aromatic heterocycles. The Hall–Kier alpha value is -2.44. The minimum atomic E-state index is 0.0579. The fourth-order valence-corrected chi connectivity index (χ4v) is 4.05. The van der Waals surface area contributed by atoms with Gasteiger partial charge in [0.2, 0.25) is 11.7 Å². The zero-order valence-electron chi connectivity index (χ0n) is 14.6. The quantitative estimate of drug-likeness (QED) is 0.928. The Morgan fingerprint density at radius 2 is 2.08 bits per heavy atom. The number of piperidine rings is 1. The monoisotopic (exact) mass is 341 g/mol. The van der Waals surface area contributed by atoms with Crippen LogP contribution in [0.2, 0.25) is 0 Å². The highest BCUT2D eigenvalue weighted by molar-refractivity contribution is 5.75. The zero-order chi connectivity index (χ0) is 17.4. The number of hydrogen-bond donors (Lipinski definition) is 1. The van der Waals surface area contributed by atoms with Crippen LogP contribution in [0.1, 0.15) is 51.3 Å². The number of carbonyl (C=O) groups is 1. The van der Waals surface area contributed by atoms with Gasteiger partial charge in [0.15, 0.2) is 0 Å². The molecule has 4 rings (SSSR count). The first-order valence-corrected chi connectivity index (χ1v) is 8.94. The van der Waals surface area contributed by atoms with Crippen LogP contribution in [0.15, 0.2) is 29.0 Å². The molecule has 2 aliphatic rings. The van der Waals surface area contributed by atoms with Gasteiger partial charge in [-0.25, -0.2) is 4.79 Å². The van der Waals surface area contributed by atoms with Crippen LogP contribution in [0.5, 0.6) is 0 Å². The van der Waals surface area contributed by atoms with Gasteiger partial charge < -0.3 is 14.7 Å². The van der Waals surface area contributed by atoms with E-state index < -0.39 is 0 Å². The van der Waals surface area contributed by atoms with E-state index in [0.717, 1.165) is 31.2 Å². The van der Waals surface area contributed by atoms with E-state index in [0.29, 0.717) is 11.7 Å². The fraction of sp³-hybridized carbons (Fsp3) is 0.556. The number of pyridine rings is 1. The van der Waals surface area contributed by atoms with Crippen molar-refractivity contribution in [3.8, 4) is 11.4 Å². The summed E-state index contributed by atoms with van der Waals surface area (Å²) in [6.45, 7) is 3.98. The highest BCUT2D eigenvalue weighted by atomic mass is 16.5. The van der Waals surface area contributed by atoms with Gasteiger partial charge in [0.1, 0.15) is 0 Å². The number of urea groups is 1. The van der Waals surface area contributed by atoms with Crippen LogP contribution in [-0.2, 0) is 0 Å². The standard InChI is InChI=1S/C18H23N5O2/c1-11(2)20-18(24)23-14-5-6-15(23)9-13(8-14)17-21-16(22-25-17)12-4-3-7-19-10-12/h3-4,7,10-11,13-15H,5-6,8-9H2,1-2H3,(H,20,24). The van der Waals surface area contributed by atoms with E-state index >= 15 is 0 Å². The van der Waals surface area contributed by atoms with Gasteiger partial charge in [0.05, 0.1) is 0 Å². The lowest BCUT2D eigenvalue weighted by atomic mass is 9.91. The third kappa shape index (κ3) is 3.10. The smallest absolute Gasteiger partial charge is 0.318 e. The van der Waals surface area contributed by atoms with E-state index in [1.54, 1.807) is 12.4 Å². The molecule has 0 spiro atoms. The Bertz CT molecular complexity index is 731. The minimum absolute atomic E-state index is 0.0579. The predicted octanol–water partition coefficient (Wildman–Crippen LogP) is 2.96. The number of aromatic nitrogens is 3. The molecule has 2 aromatic rings. The molecule has 132 valence electrons. The van der Waals surface area contributed by atoms with Gasteiger partial charge in [0.25, 0.3) is 0 Å². The summed E-state index contributed by atoms with van der Waals surface area (Å²) < 4.78 is 5.54. The van der Waals surface area contributed by atoms with Gasteiger partial charge in [-0.3, -0.25) is 4.98 Å². The van der Waals surface area contributed by atoms with E-state index in [9.17, 15) is 4.79 Å². The molecule has 2 amide bonds. The van der Waals surface area contributed by atoms with Gasteiger partial charge in [-0.15, -0.1) is 0 Å². The molecule has 2 fully saturated rings. The van der Waals surface area contributed by atoms with Crippen LogP contribution < -0.4 is 5.32 Å². The molecule has 0 aliphatic carbocycles. The molecule has 0 aromatic carbocycles. The number of nitrogens with one attached hydrogen (secondary N) is 1. The van der Waals surface area contributed by atoms with E-state index in [1.807, 2.05) is 30.9 Å². The van der Waals surface area contributed by atoms with E-state index in [1.165, 1.54) is 0 Å². The first-order valence-electron chi connectivity index (χ1n) is 8.94. The maximum atomic E-state index is 12.5. The molecule has 1 N–H and O–H groups in total. The van der Waals surface area contributed by atoms with Crippen LogP contribution in [0, 0.1) is 0 Å². The number of hydrogen-bond acceptors (Lipinski definition) is 5. The van der Waals surface area contributed by atoms with Crippen LogP contribution in [-0.4, -0.2) is 44.2 Å². The maximum absolute atomic E-state index is 12.5. The van der Waals surface area contributed by atoms with Crippen molar-refractivity contribution in [2.75, 3.05) is 0 Å². The van der Waals surface area contributed by atoms with Gasteiger partial charge in [0, 0.05) is 42.0 Å². The number of rotatable bonds is 3. The first kappa shape index (κ1) is 16.1. The number of amides is 2. The van der Waals surface area contributed by atoms with E-state index in [4.69, 9.17) is 4.52 Å². The zero-order valence-corrected chi connectivity index (χ0v) is 14.6. The van der Waals surface area contributed by atoms with Crippen LogP contribution in [0.25, 0.3) is 11.4 Å². The van der Waals surface area contributed by atoms with Gasteiger partial charge in [-0.2, -0.15) is 4.98 Å². The highest BCUT2D eigenvalue weighted by Crippen LogP contribution is 2.42. The highest BCUT2D eigenvalue weighted by Gasteiger charge is 2.45. The Morgan fingerprint density at radius 3 is 2.72 bits per heavy atom. The molecule has 2 aliphatic heterocycles. The molecule has 4 heterocycles. The van der Waals surface area contributed by atoms with E-state index in [-0.39, 0.29) is 30.1 Å². The van der Waals surface area contributed by atoms with Crippen molar-refractivity contribution < 1.29 is 9.32 Å². The molecular formula is C18H23N5O2. The van der Waals surface area contributed by atoms with Crippen molar-refractivity contribution >= 4 is 6.03 Å². The largest absolute Gasteiger partial charge is 0.339 e. The molecule has 0 radical (unpaired) electrons. The summed E-state index contributed by atoms with van der Waals surface area (Å²) in [4.78, 5) is 23.2. The van der Waals surface area contributed by atoms with Gasteiger partial charge >= 0.3 is 6.03 Å². The van der Waals surface area contributed by atoms with Crippen molar-refractivity contribution in [1.82, 2.24) is 25.3 Å². The molecule has 7 nitrogen and oxygen atoms in total. The Kier molecular flexibility index (Phi) is 4.15. The maximum Gasteiger partial charge on any atom is 0.318 e. The van der Waals surface area contributed by atoms with Crippen molar-refractivity contribution in [3.05, 3.63) is 30.4 Å². The van der Waals surface area contributed by atoms with Crippen molar-refractivity contribution in [3.63, 3.8) is 0 Å². The number of carbonyl (C=O) groups excluding carboxylic acids is 1. The second kappa shape index (κ2) is 6.46. The average molecular weight is 341 g/mol. The topological polar surface area (TPSA) is 84.2 Å². The predicted molar refractivity (Wildman–Crippen MR) is 91.8 cm³/mol. The van der Waals surface area contributed by atoms with Crippen LogP contribution in [0.3, 0.4) is 0 Å². The average Bonchev–Trinajstić information content (AvgIpc) is 3.18. The molecule has 2 bridgehead atoms. The third-order valence-corrected chi connectivity index (χ3v) is 5.09. The first-order chi connectivity index (χ1) is 12.1. The van der Waals surface area contributed by atoms with Crippen LogP contribution >= 0.6 is 0 Å². The second-order valence-electron chi connectivity index (χ2n) is 7.26. The van der Waals surface area contributed by atoms with Crippen LogP contribution in [0.4, 0.5) is 4.79 Å². The van der Waals surface area contributed by atoms with Crippen molar-refractivity contribution in [1.29, 1.82) is 0 Å². The summed E-state index contributed by atoms with van der Waals surface area (Å²) in [6.07, 6.45) is 7.33. The third-order valence-electron chi connectivity index (χ3n) is 5.09. The summed E-state index contributed by atoms with van der Waals surface area (Å²) in [5.41, 5.74) is 0.856. The lowest BCUT2D eigenvalue weighted by Crippen LogP contribution is -2.51. The molecule has 25 heavy (non-hydrogen) atoms. The van der Waals surface area contributed by atoms with E-state index in [2.05, 4.69) is 20.4 Å². The Morgan fingerprint density at radius 1 is 1.32 bits per heavy atom. The lowest BCUT2D eigenvalue weighted by Gasteiger charge is -2.38. The number of nitrogens with zero attached hydrogens (tertiary/aromatic N) is 4. The fourth-order valence-electron chi connectivity index (χ4n) is 4.05. The number of fused-ring (bicyclic) bond motifs is 2. The summed E-state index contributed by atoms with van der Waals surface area (Å²) in [7, 11) is 0. The molecule has 0 saturated carbocycles. The summed E-state index contributed by atoms with van der Waals surface area (Å²) in [5, 5.41) is 7.13.